The monoisotopic (exact) mass is 346 g/mol. The standard InChI is InChI=1S/C18H14N6O2/c25-17(12-24-18(26)15-5-2-1-4-13(15)10-21-24)22-14-6-7-16(19-11-14)23-9-3-8-20-23/h1-11H,12H2,(H,22,25). The fourth-order valence-electron chi connectivity index (χ4n) is 2.58. The Morgan fingerprint density at radius 1 is 1.04 bits per heavy atom. The first-order valence-electron chi connectivity index (χ1n) is 7.91. The molecule has 128 valence electrons. The molecule has 0 radical (unpaired) electrons. The molecule has 0 unspecified atom stereocenters. The number of anilines is 1. The number of carbonyl (C=O) groups is 1. The van der Waals surface area contributed by atoms with Crippen molar-refractivity contribution in [1.82, 2.24) is 24.5 Å². The lowest BCUT2D eigenvalue weighted by Gasteiger charge is -2.08. The molecule has 0 bridgehead atoms. The summed E-state index contributed by atoms with van der Waals surface area (Å²) in [5.41, 5.74) is 0.227. The van der Waals surface area contributed by atoms with Crippen LogP contribution in [-0.4, -0.2) is 30.5 Å². The van der Waals surface area contributed by atoms with Crippen LogP contribution in [0.1, 0.15) is 0 Å². The molecule has 3 heterocycles. The minimum Gasteiger partial charge on any atom is -0.323 e. The van der Waals surface area contributed by atoms with E-state index < -0.39 is 0 Å². The SMILES string of the molecule is O=C(Cn1ncc2ccccc2c1=O)Nc1ccc(-n2cccn2)nc1. The van der Waals surface area contributed by atoms with Crippen LogP contribution in [0, 0.1) is 0 Å². The van der Waals surface area contributed by atoms with E-state index in [0.717, 1.165) is 10.1 Å². The number of nitrogens with zero attached hydrogens (tertiary/aromatic N) is 5. The Balaban J connectivity index is 1.49. The molecule has 8 nitrogen and oxygen atoms in total. The second-order valence-electron chi connectivity index (χ2n) is 5.60. The van der Waals surface area contributed by atoms with Crippen LogP contribution in [0.4, 0.5) is 5.69 Å². The van der Waals surface area contributed by atoms with E-state index in [9.17, 15) is 9.59 Å². The lowest BCUT2D eigenvalue weighted by molar-refractivity contribution is -0.117. The quantitative estimate of drug-likeness (QED) is 0.606. The van der Waals surface area contributed by atoms with Crippen molar-refractivity contribution < 1.29 is 4.79 Å². The van der Waals surface area contributed by atoms with Gasteiger partial charge >= 0.3 is 0 Å². The molecule has 1 aromatic carbocycles. The third-order valence-corrected chi connectivity index (χ3v) is 3.83. The number of rotatable bonds is 4. The molecule has 0 aliphatic heterocycles. The van der Waals surface area contributed by atoms with Gasteiger partial charge in [-0.05, 0) is 24.3 Å². The van der Waals surface area contributed by atoms with Gasteiger partial charge in [-0.3, -0.25) is 9.59 Å². The first kappa shape index (κ1) is 15.7. The summed E-state index contributed by atoms with van der Waals surface area (Å²) in [5, 5.41) is 12.1. The Kier molecular flexibility index (Phi) is 3.98. The summed E-state index contributed by atoms with van der Waals surface area (Å²) in [4.78, 5) is 28.9. The number of pyridine rings is 1. The summed E-state index contributed by atoms with van der Waals surface area (Å²) in [7, 11) is 0. The van der Waals surface area contributed by atoms with Crippen LogP contribution in [-0.2, 0) is 11.3 Å². The van der Waals surface area contributed by atoms with Crippen LogP contribution in [0.15, 0.2) is 72.0 Å². The molecule has 26 heavy (non-hydrogen) atoms. The number of nitrogens with one attached hydrogen (secondary N) is 1. The summed E-state index contributed by atoms with van der Waals surface area (Å²) in [6.07, 6.45) is 6.54. The molecule has 1 amide bonds. The highest BCUT2D eigenvalue weighted by Gasteiger charge is 2.09. The number of benzene rings is 1. The van der Waals surface area contributed by atoms with E-state index in [0.29, 0.717) is 16.9 Å². The van der Waals surface area contributed by atoms with Gasteiger partial charge < -0.3 is 5.32 Å². The largest absolute Gasteiger partial charge is 0.323 e. The van der Waals surface area contributed by atoms with Crippen LogP contribution in [0.25, 0.3) is 16.6 Å². The lowest BCUT2D eigenvalue weighted by atomic mass is 10.2. The van der Waals surface area contributed by atoms with Crippen molar-refractivity contribution in [3.05, 3.63) is 77.6 Å². The fraction of sp³-hybridized carbons (Fsp3) is 0.0556. The molecule has 0 saturated heterocycles. The number of aromatic nitrogens is 5. The van der Waals surface area contributed by atoms with Gasteiger partial charge in [-0.1, -0.05) is 18.2 Å². The van der Waals surface area contributed by atoms with E-state index >= 15 is 0 Å². The van der Waals surface area contributed by atoms with E-state index in [1.165, 1.54) is 6.20 Å². The van der Waals surface area contributed by atoms with Crippen molar-refractivity contribution >= 4 is 22.4 Å². The minimum atomic E-state index is -0.358. The highest BCUT2D eigenvalue weighted by atomic mass is 16.2. The highest BCUT2D eigenvalue weighted by molar-refractivity contribution is 5.90. The second kappa shape index (κ2) is 6.60. The maximum atomic E-state index is 12.4. The maximum Gasteiger partial charge on any atom is 0.275 e. The number of carbonyl (C=O) groups excluding carboxylic acids is 1. The fourth-order valence-corrected chi connectivity index (χ4v) is 2.58. The van der Waals surface area contributed by atoms with Gasteiger partial charge in [0.1, 0.15) is 6.54 Å². The molecule has 0 aliphatic carbocycles. The summed E-state index contributed by atoms with van der Waals surface area (Å²) in [6.45, 7) is -0.176. The Morgan fingerprint density at radius 2 is 1.92 bits per heavy atom. The molecule has 0 atom stereocenters. The van der Waals surface area contributed by atoms with Crippen LogP contribution in [0.2, 0.25) is 0 Å². The predicted molar refractivity (Wildman–Crippen MR) is 96.0 cm³/mol. The van der Waals surface area contributed by atoms with E-state index in [1.807, 2.05) is 6.07 Å². The molecule has 0 fully saturated rings. The summed E-state index contributed by atoms with van der Waals surface area (Å²) < 4.78 is 2.76. The van der Waals surface area contributed by atoms with Gasteiger partial charge in [-0.15, -0.1) is 0 Å². The number of fused-ring (bicyclic) bond motifs is 1. The van der Waals surface area contributed by atoms with E-state index in [1.54, 1.807) is 59.7 Å². The number of amides is 1. The van der Waals surface area contributed by atoms with Gasteiger partial charge in [0.15, 0.2) is 5.82 Å². The van der Waals surface area contributed by atoms with Gasteiger partial charge in [-0.25, -0.2) is 14.3 Å². The number of hydrogen-bond donors (Lipinski definition) is 1. The van der Waals surface area contributed by atoms with Gasteiger partial charge in [0.2, 0.25) is 5.91 Å². The molecular formula is C18H14N6O2. The lowest BCUT2D eigenvalue weighted by Crippen LogP contribution is -2.29. The molecule has 0 saturated carbocycles. The van der Waals surface area contributed by atoms with Gasteiger partial charge in [-0.2, -0.15) is 10.2 Å². The Labute approximate surface area is 147 Å². The highest BCUT2D eigenvalue weighted by Crippen LogP contribution is 2.09. The molecule has 3 aromatic heterocycles. The van der Waals surface area contributed by atoms with Crippen LogP contribution >= 0.6 is 0 Å². The van der Waals surface area contributed by atoms with Gasteiger partial charge in [0.25, 0.3) is 5.56 Å². The third-order valence-electron chi connectivity index (χ3n) is 3.83. The maximum absolute atomic E-state index is 12.4. The zero-order valence-electron chi connectivity index (χ0n) is 13.6. The average molecular weight is 346 g/mol. The Morgan fingerprint density at radius 3 is 2.69 bits per heavy atom. The third kappa shape index (κ3) is 3.07. The summed E-state index contributed by atoms with van der Waals surface area (Å²) in [6, 6.07) is 12.4. The predicted octanol–water partition coefficient (Wildman–Crippen LogP) is 1.62. The van der Waals surface area contributed by atoms with Crippen molar-refractivity contribution in [1.29, 1.82) is 0 Å². The summed E-state index contributed by atoms with van der Waals surface area (Å²) >= 11 is 0. The second-order valence-corrected chi connectivity index (χ2v) is 5.60. The van der Waals surface area contributed by atoms with Crippen molar-refractivity contribution in [3.63, 3.8) is 0 Å². The molecule has 0 spiro atoms. The zero-order valence-corrected chi connectivity index (χ0v) is 13.6. The van der Waals surface area contributed by atoms with Crippen molar-refractivity contribution in [2.45, 2.75) is 6.54 Å². The molecular weight excluding hydrogens is 332 g/mol. The zero-order chi connectivity index (χ0) is 17.9. The van der Waals surface area contributed by atoms with Gasteiger partial charge in [0.05, 0.1) is 23.5 Å². The average Bonchev–Trinajstić information content (AvgIpc) is 3.20. The summed E-state index contributed by atoms with van der Waals surface area (Å²) in [5.74, 6) is 0.281. The first-order valence-corrected chi connectivity index (χ1v) is 7.91. The van der Waals surface area contributed by atoms with Crippen molar-refractivity contribution in [2.75, 3.05) is 5.32 Å². The number of hydrogen-bond acceptors (Lipinski definition) is 5. The Bertz CT molecular complexity index is 1120. The van der Waals surface area contributed by atoms with Crippen LogP contribution in [0.3, 0.4) is 0 Å². The minimum absolute atomic E-state index is 0.176. The van der Waals surface area contributed by atoms with E-state index in [2.05, 4.69) is 20.5 Å². The molecule has 0 aliphatic rings. The molecule has 4 aromatic rings. The topological polar surface area (TPSA) is 94.7 Å². The van der Waals surface area contributed by atoms with Gasteiger partial charge in [0, 0.05) is 17.8 Å². The van der Waals surface area contributed by atoms with Crippen LogP contribution in [0.5, 0.6) is 0 Å². The van der Waals surface area contributed by atoms with E-state index in [-0.39, 0.29) is 18.0 Å². The molecule has 4 rings (SSSR count). The Hall–Kier alpha value is -3.81. The van der Waals surface area contributed by atoms with Crippen molar-refractivity contribution in [2.24, 2.45) is 0 Å². The smallest absolute Gasteiger partial charge is 0.275 e. The normalized spacial score (nSPS) is 10.8. The first-order chi connectivity index (χ1) is 12.7. The van der Waals surface area contributed by atoms with E-state index in [4.69, 9.17) is 0 Å². The molecule has 1 N–H and O–H groups in total. The van der Waals surface area contributed by atoms with Crippen molar-refractivity contribution in [3.8, 4) is 5.82 Å². The van der Waals surface area contributed by atoms with Crippen LogP contribution < -0.4 is 10.9 Å². The molecule has 8 heteroatoms.